The molecule has 1 heterocycles. The number of amides is 1. The molecule has 1 rings (SSSR count). The average molecular weight is 431 g/mol. The first-order valence-electron chi connectivity index (χ1n) is 9.61. The molecule has 0 radical (unpaired) electrons. The number of unbranched alkanes of at least 4 members (excludes halogenated alkanes) is 2. The van der Waals surface area contributed by atoms with Crippen LogP contribution in [0.3, 0.4) is 0 Å². The maximum absolute atomic E-state index is 11.8. The largest absolute Gasteiger partial charge is 0.463 e. The maximum Gasteiger partial charge on any atom is 0.303 e. The van der Waals surface area contributed by atoms with Gasteiger partial charge in [0.05, 0.1) is 0 Å². The van der Waals surface area contributed by atoms with E-state index in [-0.39, 0.29) is 13.2 Å². The van der Waals surface area contributed by atoms with Gasteiger partial charge in [-0.15, -0.1) is 0 Å². The van der Waals surface area contributed by atoms with E-state index in [9.17, 15) is 24.0 Å². The second-order valence-electron chi connectivity index (χ2n) is 6.75. The first-order valence-corrected chi connectivity index (χ1v) is 9.61. The molecule has 11 heteroatoms. The average Bonchev–Trinajstić information content (AvgIpc) is 2.63. The molecule has 0 saturated carbocycles. The molecule has 170 valence electrons. The van der Waals surface area contributed by atoms with Crippen LogP contribution in [0.15, 0.2) is 0 Å². The third kappa shape index (κ3) is 8.87. The summed E-state index contributed by atoms with van der Waals surface area (Å²) in [5, 5.41) is 2.61. The predicted molar refractivity (Wildman–Crippen MR) is 99.9 cm³/mol. The van der Waals surface area contributed by atoms with Gasteiger partial charge in [0.2, 0.25) is 5.91 Å². The Morgan fingerprint density at radius 3 is 2.10 bits per heavy atom. The molecule has 0 aliphatic carbocycles. The van der Waals surface area contributed by atoms with Gasteiger partial charge in [0.1, 0.15) is 25.0 Å². The van der Waals surface area contributed by atoms with E-state index in [0.29, 0.717) is 19.3 Å². The van der Waals surface area contributed by atoms with Crippen molar-refractivity contribution in [3.05, 3.63) is 0 Å². The highest BCUT2D eigenvalue weighted by molar-refractivity contribution is 5.73. The molecule has 0 aromatic heterocycles. The van der Waals surface area contributed by atoms with Crippen LogP contribution in [-0.4, -0.2) is 74.0 Å². The first kappa shape index (κ1) is 25.5. The van der Waals surface area contributed by atoms with E-state index in [1.807, 2.05) is 0 Å². The van der Waals surface area contributed by atoms with E-state index in [4.69, 9.17) is 23.7 Å². The fourth-order valence-corrected chi connectivity index (χ4v) is 2.96. The molecule has 1 aliphatic rings. The minimum Gasteiger partial charge on any atom is -0.463 e. The Balaban J connectivity index is 3.14. The molecule has 1 N–H and O–H groups in total. The van der Waals surface area contributed by atoms with Gasteiger partial charge < -0.3 is 33.8 Å². The second-order valence-corrected chi connectivity index (χ2v) is 6.75. The summed E-state index contributed by atoms with van der Waals surface area (Å²) in [7, 11) is 0. The summed E-state index contributed by atoms with van der Waals surface area (Å²) in [6, 6.07) is -0.990. The number of nitrogens with one attached hydrogen (secondary N) is 1. The van der Waals surface area contributed by atoms with Crippen molar-refractivity contribution in [1.29, 1.82) is 0 Å². The highest BCUT2D eigenvalue weighted by Crippen LogP contribution is 2.28. The van der Waals surface area contributed by atoms with Gasteiger partial charge in [0.25, 0.3) is 0 Å². The van der Waals surface area contributed by atoms with Crippen molar-refractivity contribution in [2.45, 2.75) is 77.6 Å². The third-order valence-electron chi connectivity index (χ3n) is 4.07. The normalized spacial score (nSPS) is 25.7. The molecule has 1 fully saturated rings. The summed E-state index contributed by atoms with van der Waals surface area (Å²) in [5.74, 6) is -2.39. The van der Waals surface area contributed by atoms with E-state index in [1.165, 1.54) is 20.8 Å². The van der Waals surface area contributed by atoms with Crippen LogP contribution in [0.1, 0.15) is 47.0 Å². The summed E-state index contributed by atoms with van der Waals surface area (Å²) in [4.78, 5) is 56.8. The summed E-state index contributed by atoms with van der Waals surface area (Å²) in [6.07, 6.45) is -2.07. The van der Waals surface area contributed by atoms with Crippen molar-refractivity contribution in [1.82, 2.24) is 5.32 Å². The molecule has 0 aromatic rings. The minimum absolute atomic E-state index is 0.194. The van der Waals surface area contributed by atoms with Gasteiger partial charge in [-0.05, 0) is 12.8 Å². The van der Waals surface area contributed by atoms with Crippen LogP contribution in [0.4, 0.5) is 0 Å². The smallest absolute Gasteiger partial charge is 0.303 e. The number of esters is 3. The maximum atomic E-state index is 11.8. The lowest BCUT2D eigenvalue weighted by molar-refractivity contribution is -0.277. The molecule has 1 aliphatic heterocycles. The van der Waals surface area contributed by atoms with Crippen molar-refractivity contribution >= 4 is 30.1 Å². The molecule has 1 amide bonds. The van der Waals surface area contributed by atoms with Gasteiger partial charge in [0, 0.05) is 40.7 Å². The topological polar surface area (TPSA) is 144 Å². The van der Waals surface area contributed by atoms with Crippen LogP contribution >= 0.6 is 0 Å². The molecule has 0 aromatic carbocycles. The van der Waals surface area contributed by atoms with Gasteiger partial charge in [-0.25, -0.2) is 0 Å². The predicted octanol–water partition coefficient (Wildman–Crippen LogP) is 0.0283. The minimum atomic E-state index is -1.16. The van der Waals surface area contributed by atoms with E-state index in [0.717, 1.165) is 13.2 Å². The van der Waals surface area contributed by atoms with Crippen molar-refractivity contribution in [2.24, 2.45) is 0 Å². The van der Waals surface area contributed by atoms with Gasteiger partial charge in [0.15, 0.2) is 18.5 Å². The van der Waals surface area contributed by atoms with Crippen molar-refractivity contribution in [3.63, 3.8) is 0 Å². The number of carbonyl (C=O) groups excluding carboxylic acids is 5. The zero-order valence-corrected chi connectivity index (χ0v) is 17.6. The van der Waals surface area contributed by atoms with Gasteiger partial charge >= 0.3 is 17.9 Å². The monoisotopic (exact) mass is 431 g/mol. The number of carbonyl (C=O) groups is 5. The Morgan fingerprint density at radius 1 is 0.933 bits per heavy atom. The number of aldehydes is 1. The number of hydrogen-bond acceptors (Lipinski definition) is 10. The zero-order chi connectivity index (χ0) is 22.7. The fraction of sp³-hybridized carbons (Fsp3) is 0.737. The summed E-state index contributed by atoms with van der Waals surface area (Å²) in [5.41, 5.74) is 0. The van der Waals surface area contributed by atoms with Gasteiger partial charge in [-0.3, -0.25) is 19.2 Å². The molecule has 11 nitrogen and oxygen atoms in total. The van der Waals surface area contributed by atoms with Crippen LogP contribution < -0.4 is 5.32 Å². The van der Waals surface area contributed by atoms with E-state index in [2.05, 4.69) is 5.32 Å². The van der Waals surface area contributed by atoms with Gasteiger partial charge in [-0.2, -0.15) is 0 Å². The molecular formula is C19H29NO10. The Hall–Kier alpha value is -2.53. The Morgan fingerprint density at radius 2 is 1.57 bits per heavy atom. The number of rotatable bonds is 11. The molecular weight excluding hydrogens is 402 g/mol. The fourth-order valence-electron chi connectivity index (χ4n) is 2.96. The molecule has 5 atom stereocenters. The lowest BCUT2D eigenvalue weighted by Crippen LogP contribution is -2.66. The third-order valence-corrected chi connectivity index (χ3v) is 4.07. The Labute approximate surface area is 174 Å². The zero-order valence-electron chi connectivity index (χ0n) is 17.6. The van der Waals surface area contributed by atoms with Gasteiger partial charge in [-0.1, -0.05) is 0 Å². The SMILES string of the molecule is CC(=O)NC1[C@H](OCCCCC=O)O[C@H](COC(C)=O)[C@H](OC(C)=O)[C@@H]1OC(C)=O. The second kappa shape index (κ2) is 12.9. The Bertz CT molecular complexity index is 622. The van der Waals surface area contributed by atoms with Crippen LogP contribution in [0.5, 0.6) is 0 Å². The standard InChI is InChI=1S/C19H29NO10/c1-11(22)20-16-18(29-14(4)25)17(28-13(3)24)15(10-27-12(2)23)30-19(16)26-9-7-5-6-8-21/h8,15-19H,5-7,9-10H2,1-4H3,(H,20,22)/t15-,16?,17+,18-,19-/m1/s1. The van der Waals surface area contributed by atoms with Crippen LogP contribution in [0.25, 0.3) is 0 Å². The Kier molecular flexibility index (Phi) is 11.0. The van der Waals surface area contributed by atoms with E-state index < -0.39 is 54.5 Å². The van der Waals surface area contributed by atoms with Crippen molar-refractivity contribution in [3.8, 4) is 0 Å². The van der Waals surface area contributed by atoms with Crippen LogP contribution in [0.2, 0.25) is 0 Å². The lowest BCUT2D eigenvalue weighted by Gasteiger charge is -2.44. The number of hydrogen-bond donors (Lipinski definition) is 1. The lowest BCUT2D eigenvalue weighted by atomic mass is 9.96. The van der Waals surface area contributed by atoms with Crippen LogP contribution in [0, 0.1) is 0 Å². The molecule has 30 heavy (non-hydrogen) atoms. The summed E-state index contributed by atoms with van der Waals surface area (Å²) in [6.45, 7) is 4.70. The molecule has 1 saturated heterocycles. The first-order chi connectivity index (χ1) is 14.1. The van der Waals surface area contributed by atoms with E-state index in [1.54, 1.807) is 0 Å². The van der Waals surface area contributed by atoms with Crippen LogP contribution in [-0.2, 0) is 47.7 Å². The molecule has 0 bridgehead atoms. The molecule has 1 unspecified atom stereocenters. The highest BCUT2D eigenvalue weighted by atomic mass is 16.7. The quantitative estimate of drug-likeness (QED) is 0.206. The summed E-state index contributed by atoms with van der Waals surface area (Å²) < 4.78 is 27.2. The molecule has 0 spiro atoms. The van der Waals surface area contributed by atoms with E-state index >= 15 is 0 Å². The number of ether oxygens (including phenoxy) is 5. The van der Waals surface area contributed by atoms with Crippen molar-refractivity contribution < 1.29 is 47.7 Å². The highest BCUT2D eigenvalue weighted by Gasteiger charge is 2.51. The summed E-state index contributed by atoms with van der Waals surface area (Å²) >= 11 is 0. The van der Waals surface area contributed by atoms with Crippen molar-refractivity contribution in [2.75, 3.05) is 13.2 Å².